The first-order chi connectivity index (χ1) is 15.5. The second-order valence-electron chi connectivity index (χ2n) is 8.30. The fraction of sp³-hybridized carbons (Fsp3) is 0.542. The fourth-order valence-corrected chi connectivity index (χ4v) is 3.92. The smallest absolute Gasteiger partial charge is 0.320 e. The van der Waals surface area contributed by atoms with Gasteiger partial charge in [0.15, 0.2) is 11.6 Å². The first kappa shape index (κ1) is 23.8. The third-order valence-corrected chi connectivity index (χ3v) is 5.82. The molecule has 3 heterocycles. The van der Waals surface area contributed by atoms with Crippen LogP contribution in [0.25, 0.3) is 0 Å². The SMILES string of the molecule is C=C/C=C(\C=C/CCN1CCCC1)CN1c2nc(OCCCC)nc(N)c2NC(=O)C1C. The van der Waals surface area contributed by atoms with E-state index >= 15 is 0 Å². The van der Waals surface area contributed by atoms with Crippen LogP contribution in [0.4, 0.5) is 17.3 Å². The van der Waals surface area contributed by atoms with Gasteiger partial charge in [-0.05, 0) is 51.3 Å². The Labute approximate surface area is 191 Å². The van der Waals surface area contributed by atoms with Gasteiger partial charge in [0, 0.05) is 13.1 Å². The maximum atomic E-state index is 12.6. The molecule has 0 aliphatic carbocycles. The van der Waals surface area contributed by atoms with E-state index in [1.165, 1.54) is 25.9 Å². The van der Waals surface area contributed by atoms with Crippen molar-refractivity contribution in [3.63, 3.8) is 0 Å². The summed E-state index contributed by atoms with van der Waals surface area (Å²) in [5.74, 6) is 0.655. The molecule has 1 aromatic heterocycles. The molecule has 174 valence electrons. The van der Waals surface area contributed by atoms with Crippen LogP contribution in [0, 0.1) is 0 Å². The molecule has 1 atom stereocenters. The Morgan fingerprint density at radius 2 is 2.12 bits per heavy atom. The Morgan fingerprint density at radius 1 is 1.34 bits per heavy atom. The summed E-state index contributed by atoms with van der Waals surface area (Å²) in [4.78, 5) is 25.8. The average Bonchev–Trinajstić information content (AvgIpc) is 3.29. The third kappa shape index (κ3) is 6.09. The van der Waals surface area contributed by atoms with Crippen molar-refractivity contribution in [1.82, 2.24) is 14.9 Å². The number of anilines is 3. The first-order valence-electron chi connectivity index (χ1n) is 11.6. The first-order valence-corrected chi connectivity index (χ1v) is 11.6. The van der Waals surface area contributed by atoms with Crippen LogP contribution in [0.3, 0.4) is 0 Å². The normalized spacial score (nSPS) is 19.3. The highest BCUT2D eigenvalue weighted by atomic mass is 16.5. The third-order valence-electron chi connectivity index (χ3n) is 5.82. The number of nitrogens with zero attached hydrogens (tertiary/aromatic N) is 4. The molecule has 1 aromatic rings. The molecule has 0 aromatic carbocycles. The standard InChI is InChI=1S/C24H36N6O2/c1-4-6-16-32-24-27-21(25)20-22(28-24)30(18(3)23(31)26-20)17-19(11-5-2)12-7-8-13-29-14-9-10-15-29/h5,7,11-12,18H,2,4,6,8-10,13-17H2,1,3H3,(H,26,31)(H2,25,27,28)/b12-7-,19-11+. The largest absolute Gasteiger partial charge is 0.463 e. The van der Waals surface area contributed by atoms with Gasteiger partial charge >= 0.3 is 6.01 Å². The summed E-state index contributed by atoms with van der Waals surface area (Å²) < 4.78 is 5.69. The second-order valence-corrected chi connectivity index (χ2v) is 8.30. The second kappa shape index (κ2) is 11.7. The van der Waals surface area contributed by atoms with Crippen LogP contribution >= 0.6 is 0 Å². The highest BCUT2D eigenvalue weighted by Gasteiger charge is 2.33. The summed E-state index contributed by atoms with van der Waals surface area (Å²) in [7, 11) is 0. The number of carbonyl (C=O) groups is 1. The van der Waals surface area contributed by atoms with Crippen molar-refractivity contribution in [2.24, 2.45) is 0 Å². The van der Waals surface area contributed by atoms with Gasteiger partial charge in [-0.25, -0.2) is 0 Å². The predicted octanol–water partition coefficient (Wildman–Crippen LogP) is 3.54. The molecule has 8 nitrogen and oxygen atoms in total. The molecule has 1 amide bonds. The molecule has 0 bridgehead atoms. The van der Waals surface area contributed by atoms with Crippen molar-refractivity contribution in [3.05, 3.63) is 36.5 Å². The lowest BCUT2D eigenvalue weighted by atomic mass is 10.1. The number of allylic oxidation sites excluding steroid dienone is 2. The molecule has 0 radical (unpaired) electrons. The highest BCUT2D eigenvalue weighted by Crippen LogP contribution is 2.36. The lowest BCUT2D eigenvalue weighted by Crippen LogP contribution is -2.47. The molecule has 32 heavy (non-hydrogen) atoms. The zero-order valence-corrected chi connectivity index (χ0v) is 19.3. The molecule has 3 rings (SSSR count). The summed E-state index contributed by atoms with van der Waals surface area (Å²) in [6.07, 6.45) is 13.6. The molecule has 1 saturated heterocycles. The van der Waals surface area contributed by atoms with E-state index in [4.69, 9.17) is 10.5 Å². The van der Waals surface area contributed by atoms with E-state index in [1.54, 1.807) is 6.08 Å². The Kier molecular flexibility index (Phi) is 8.67. The van der Waals surface area contributed by atoms with Gasteiger partial charge in [0.2, 0.25) is 5.91 Å². The minimum Gasteiger partial charge on any atom is -0.463 e. The van der Waals surface area contributed by atoms with Crippen LogP contribution in [0.2, 0.25) is 0 Å². The van der Waals surface area contributed by atoms with Crippen molar-refractivity contribution < 1.29 is 9.53 Å². The number of nitrogens with one attached hydrogen (secondary N) is 1. The predicted molar refractivity (Wildman–Crippen MR) is 130 cm³/mol. The summed E-state index contributed by atoms with van der Waals surface area (Å²) in [5.41, 5.74) is 7.62. The van der Waals surface area contributed by atoms with Gasteiger partial charge < -0.3 is 25.6 Å². The molecule has 0 saturated carbocycles. The van der Waals surface area contributed by atoms with Gasteiger partial charge in [0.25, 0.3) is 0 Å². The lowest BCUT2D eigenvalue weighted by molar-refractivity contribution is -0.117. The van der Waals surface area contributed by atoms with Crippen molar-refractivity contribution >= 4 is 23.2 Å². The molecule has 0 spiro atoms. The number of nitrogen functional groups attached to an aromatic ring is 1. The molecule has 8 heteroatoms. The maximum absolute atomic E-state index is 12.6. The Bertz CT molecular complexity index is 860. The van der Waals surface area contributed by atoms with Crippen LogP contribution in [-0.2, 0) is 4.79 Å². The lowest BCUT2D eigenvalue weighted by Gasteiger charge is -2.35. The Morgan fingerprint density at radius 3 is 2.84 bits per heavy atom. The van der Waals surface area contributed by atoms with E-state index in [-0.39, 0.29) is 17.7 Å². The molecule has 2 aliphatic heterocycles. The van der Waals surface area contributed by atoms with Crippen LogP contribution in [0.15, 0.2) is 36.5 Å². The minimum atomic E-state index is -0.411. The number of amides is 1. The molecule has 1 fully saturated rings. The van der Waals surface area contributed by atoms with E-state index in [1.807, 2.05) is 17.9 Å². The number of likely N-dealkylation sites (tertiary alicyclic amines) is 1. The van der Waals surface area contributed by atoms with E-state index in [0.29, 0.717) is 24.7 Å². The molecular formula is C24H36N6O2. The number of carbonyl (C=O) groups excluding carboxylic acids is 1. The Hall–Kier alpha value is -2.87. The molecule has 2 aliphatic rings. The zero-order valence-electron chi connectivity index (χ0n) is 19.3. The number of rotatable bonds is 11. The number of ether oxygens (including phenoxy) is 1. The van der Waals surface area contributed by atoms with Gasteiger partial charge in [0.1, 0.15) is 11.7 Å². The number of aromatic nitrogens is 2. The molecule has 1 unspecified atom stereocenters. The van der Waals surface area contributed by atoms with E-state index in [9.17, 15) is 4.79 Å². The minimum absolute atomic E-state index is 0.136. The van der Waals surface area contributed by atoms with Crippen molar-refractivity contribution in [2.75, 3.05) is 48.7 Å². The van der Waals surface area contributed by atoms with Crippen molar-refractivity contribution in [1.29, 1.82) is 0 Å². The van der Waals surface area contributed by atoms with Gasteiger partial charge in [-0.2, -0.15) is 9.97 Å². The van der Waals surface area contributed by atoms with Crippen LogP contribution in [0.5, 0.6) is 6.01 Å². The number of nitrogens with two attached hydrogens (primary N) is 1. The number of fused-ring (bicyclic) bond motifs is 1. The van der Waals surface area contributed by atoms with E-state index in [0.717, 1.165) is 31.4 Å². The molecular weight excluding hydrogens is 404 g/mol. The van der Waals surface area contributed by atoms with Gasteiger partial charge in [0.05, 0.1) is 6.61 Å². The summed E-state index contributed by atoms with van der Waals surface area (Å²) >= 11 is 0. The van der Waals surface area contributed by atoms with Gasteiger partial charge in [-0.1, -0.05) is 44.2 Å². The number of hydrogen-bond donors (Lipinski definition) is 2. The van der Waals surface area contributed by atoms with Gasteiger partial charge in [-0.15, -0.1) is 0 Å². The van der Waals surface area contributed by atoms with E-state index in [2.05, 4.69) is 45.8 Å². The number of hydrogen-bond acceptors (Lipinski definition) is 7. The quantitative estimate of drug-likeness (QED) is 0.401. The average molecular weight is 441 g/mol. The fourth-order valence-electron chi connectivity index (χ4n) is 3.92. The van der Waals surface area contributed by atoms with Crippen LogP contribution < -0.4 is 20.7 Å². The highest BCUT2D eigenvalue weighted by molar-refractivity contribution is 6.05. The maximum Gasteiger partial charge on any atom is 0.320 e. The van der Waals surface area contributed by atoms with Crippen LogP contribution in [-0.4, -0.2) is 59.6 Å². The zero-order chi connectivity index (χ0) is 22.9. The summed E-state index contributed by atoms with van der Waals surface area (Å²) in [6, 6.07) is -0.176. The molecule has 3 N–H and O–H groups in total. The number of unbranched alkanes of at least 4 members (excludes halogenated alkanes) is 1. The summed E-state index contributed by atoms with van der Waals surface area (Å²) in [5, 5.41) is 2.84. The van der Waals surface area contributed by atoms with E-state index < -0.39 is 6.04 Å². The topological polar surface area (TPSA) is 96.6 Å². The van der Waals surface area contributed by atoms with Crippen LogP contribution in [0.1, 0.15) is 46.0 Å². The Balaban J connectivity index is 1.77. The monoisotopic (exact) mass is 440 g/mol. The van der Waals surface area contributed by atoms with Gasteiger partial charge in [-0.3, -0.25) is 4.79 Å². The van der Waals surface area contributed by atoms with Crippen molar-refractivity contribution in [2.45, 2.75) is 52.0 Å². The van der Waals surface area contributed by atoms with Crippen molar-refractivity contribution in [3.8, 4) is 6.01 Å². The summed E-state index contributed by atoms with van der Waals surface area (Å²) in [6.45, 7) is 12.3.